The van der Waals surface area contributed by atoms with Crippen molar-refractivity contribution in [3.8, 4) is 0 Å². The van der Waals surface area contributed by atoms with Crippen LogP contribution in [0.1, 0.15) is 52.2 Å². The minimum Gasteiger partial charge on any atom is -0.444 e. The van der Waals surface area contributed by atoms with Crippen LogP contribution in [0.4, 0.5) is 4.79 Å². The number of hydrazine groups is 1. The Bertz CT molecular complexity index is 666. The first-order valence-electron chi connectivity index (χ1n) is 9.36. The van der Waals surface area contributed by atoms with Crippen LogP contribution >= 0.6 is 0 Å². The largest absolute Gasteiger partial charge is 0.444 e. The molecule has 8 heteroatoms. The number of carbonyl (C=O) groups is 3. The lowest BCUT2D eigenvalue weighted by Gasteiger charge is -2.24. The SMILES string of the molecule is CC(C)CC(NC(=O)OC(C)(C)C)C(=O)NNC(=O)Cc1ccc(CN)cc1. The molecule has 8 nitrogen and oxygen atoms in total. The van der Waals surface area contributed by atoms with Gasteiger partial charge in [0.05, 0.1) is 6.42 Å². The number of amides is 3. The number of hydrogen-bond acceptors (Lipinski definition) is 5. The molecule has 5 N–H and O–H groups in total. The number of rotatable bonds is 7. The van der Waals surface area contributed by atoms with Crippen LogP contribution in [-0.4, -0.2) is 29.6 Å². The summed E-state index contributed by atoms with van der Waals surface area (Å²) in [6, 6.07) is 6.51. The predicted molar refractivity (Wildman–Crippen MR) is 107 cm³/mol. The highest BCUT2D eigenvalue weighted by atomic mass is 16.6. The van der Waals surface area contributed by atoms with Gasteiger partial charge in [0, 0.05) is 6.54 Å². The molecule has 28 heavy (non-hydrogen) atoms. The summed E-state index contributed by atoms with van der Waals surface area (Å²) in [5.41, 5.74) is 11.4. The van der Waals surface area contributed by atoms with Gasteiger partial charge in [-0.1, -0.05) is 38.1 Å². The van der Waals surface area contributed by atoms with Gasteiger partial charge in [0.1, 0.15) is 11.6 Å². The monoisotopic (exact) mass is 392 g/mol. The average Bonchev–Trinajstić information content (AvgIpc) is 2.57. The van der Waals surface area contributed by atoms with Crippen molar-refractivity contribution in [2.24, 2.45) is 11.7 Å². The molecule has 1 aromatic rings. The number of benzene rings is 1. The van der Waals surface area contributed by atoms with Crippen LogP contribution in [-0.2, 0) is 27.3 Å². The van der Waals surface area contributed by atoms with Gasteiger partial charge >= 0.3 is 6.09 Å². The number of ether oxygens (including phenoxy) is 1. The van der Waals surface area contributed by atoms with Crippen molar-refractivity contribution in [2.45, 2.75) is 65.6 Å². The fraction of sp³-hybridized carbons (Fsp3) is 0.550. The lowest BCUT2D eigenvalue weighted by Crippen LogP contribution is -2.53. The van der Waals surface area contributed by atoms with Crippen LogP contribution in [0.3, 0.4) is 0 Å². The highest BCUT2D eigenvalue weighted by Crippen LogP contribution is 2.09. The normalized spacial score (nSPS) is 12.2. The molecule has 0 aliphatic heterocycles. The Morgan fingerprint density at radius 3 is 2.11 bits per heavy atom. The van der Waals surface area contributed by atoms with Crippen LogP contribution in [0.5, 0.6) is 0 Å². The van der Waals surface area contributed by atoms with Gasteiger partial charge in [-0.2, -0.15) is 0 Å². The van der Waals surface area contributed by atoms with E-state index in [4.69, 9.17) is 10.5 Å². The summed E-state index contributed by atoms with van der Waals surface area (Å²) in [4.78, 5) is 36.5. The molecule has 0 aliphatic rings. The van der Waals surface area contributed by atoms with Crippen molar-refractivity contribution in [1.29, 1.82) is 0 Å². The summed E-state index contributed by atoms with van der Waals surface area (Å²) in [6.07, 6.45) is -0.166. The van der Waals surface area contributed by atoms with E-state index in [2.05, 4.69) is 16.2 Å². The minimum atomic E-state index is -0.820. The highest BCUT2D eigenvalue weighted by Gasteiger charge is 2.25. The molecule has 3 amide bonds. The van der Waals surface area contributed by atoms with E-state index >= 15 is 0 Å². The van der Waals surface area contributed by atoms with E-state index in [0.717, 1.165) is 11.1 Å². The molecule has 0 fully saturated rings. The Hall–Kier alpha value is -2.61. The maximum absolute atomic E-state index is 12.4. The fourth-order valence-corrected chi connectivity index (χ4v) is 2.39. The second-order valence-corrected chi connectivity index (χ2v) is 8.06. The van der Waals surface area contributed by atoms with Crippen LogP contribution in [0.2, 0.25) is 0 Å². The highest BCUT2D eigenvalue weighted by molar-refractivity contribution is 5.88. The molecule has 0 heterocycles. The Morgan fingerprint density at radius 2 is 1.61 bits per heavy atom. The zero-order valence-corrected chi connectivity index (χ0v) is 17.3. The quantitative estimate of drug-likeness (QED) is 0.527. The molecule has 0 saturated heterocycles. The van der Waals surface area contributed by atoms with Crippen molar-refractivity contribution >= 4 is 17.9 Å². The van der Waals surface area contributed by atoms with Crippen molar-refractivity contribution < 1.29 is 19.1 Å². The first kappa shape index (κ1) is 23.4. The van der Waals surface area contributed by atoms with Gasteiger partial charge in [-0.3, -0.25) is 20.4 Å². The summed E-state index contributed by atoms with van der Waals surface area (Å²) in [5.74, 6) is -0.719. The Kier molecular flexibility index (Phi) is 8.91. The molecular formula is C20H32N4O4. The second-order valence-electron chi connectivity index (χ2n) is 8.06. The number of carbonyl (C=O) groups excluding carboxylic acids is 3. The zero-order chi connectivity index (χ0) is 21.3. The van der Waals surface area contributed by atoms with E-state index < -0.39 is 23.6 Å². The average molecular weight is 393 g/mol. The molecule has 0 aromatic heterocycles. The van der Waals surface area contributed by atoms with E-state index in [1.807, 2.05) is 38.1 Å². The number of hydrogen-bond donors (Lipinski definition) is 4. The van der Waals surface area contributed by atoms with Gasteiger partial charge in [0.15, 0.2) is 0 Å². The van der Waals surface area contributed by atoms with Gasteiger partial charge in [-0.25, -0.2) is 4.79 Å². The molecule has 156 valence electrons. The summed E-state index contributed by atoms with van der Waals surface area (Å²) in [5, 5.41) is 2.55. The zero-order valence-electron chi connectivity index (χ0n) is 17.3. The summed E-state index contributed by atoms with van der Waals surface area (Å²) >= 11 is 0. The summed E-state index contributed by atoms with van der Waals surface area (Å²) in [7, 11) is 0. The first-order chi connectivity index (χ1) is 13.0. The third-order valence-electron chi connectivity index (χ3n) is 3.66. The standard InChI is InChI=1S/C20H32N4O4/c1-13(2)10-16(22-19(27)28-20(3,4)5)18(26)24-23-17(25)11-14-6-8-15(12-21)9-7-14/h6-9,13,16H,10-12,21H2,1-5H3,(H,22,27)(H,23,25)(H,24,26). The molecule has 1 unspecified atom stereocenters. The van der Waals surface area contributed by atoms with Gasteiger partial charge in [-0.05, 0) is 44.2 Å². The van der Waals surface area contributed by atoms with E-state index in [0.29, 0.717) is 13.0 Å². The molecule has 0 bridgehead atoms. The molecule has 0 radical (unpaired) electrons. The van der Waals surface area contributed by atoms with E-state index in [-0.39, 0.29) is 18.2 Å². The lowest BCUT2D eigenvalue weighted by atomic mass is 10.0. The van der Waals surface area contributed by atoms with E-state index in [9.17, 15) is 14.4 Å². The van der Waals surface area contributed by atoms with Crippen molar-refractivity contribution in [3.63, 3.8) is 0 Å². The molecule has 0 aliphatic carbocycles. The maximum atomic E-state index is 12.4. The van der Waals surface area contributed by atoms with Crippen LogP contribution in [0, 0.1) is 5.92 Å². The van der Waals surface area contributed by atoms with E-state index in [1.165, 1.54) is 0 Å². The van der Waals surface area contributed by atoms with Gasteiger partial charge < -0.3 is 15.8 Å². The third kappa shape index (κ3) is 9.36. The Balaban J connectivity index is 2.58. The van der Waals surface area contributed by atoms with Crippen LogP contribution in [0.15, 0.2) is 24.3 Å². The number of nitrogens with two attached hydrogens (primary N) is 1. The van der Waals surface area contributed by atoms with Gasteiger partial charge in [-0.15, -0.1) is 0 Å². The molecule has 0 saturated carbocycles. The molecule has 1 rings (SSSR count). The first-order valence-corrected chi connectivity index (χ1v) is 9.36. The topological polar surface area (TPSA) is 123 Å². The minimum absolute atomic E-state index is 0.111. The molecule has 0 spiro atoms. The second kappa shape index (κ2) is 10.7. The van der Waals surface area contributed by atoms with E-state index in [1.54, 1.807) is 20.8 Å². The van der Waals surface area contributed by atoms with Gasteiger partial charge in [0.2, 0.25) is 5.91 Å². The van der Waals surface area contributed by atoms with Crippen molar-refractivity contribution in [3.05, 3.63) is 35.4 Å². The summed E-state index contributed by atoms with van der Waals surface area (Å²) < 4.78 is 5.20. The van der Waals surface area contributed by atoms with Crippen molar-refractivity contribution in [1.82, 2.24) is 16.2 Å². The fourth-order valence-electron chi connectivity index (χ4n) is 2.39. The van der Waals surface area contributed by atoms with Crippen molar-refractivity contribution in [2.75, 3.05) is 0 Å². The molecular weight excluding hydrogens is 360 g/mol. The predicted octanol–water partition coefficient (Wildman–Crippen LogP) is 1.77. The number of alkyl carbamates (subject to hydrolysis) is 1. The van der Waals surface area contributed by atoms with Gasteiger partial charge in [0.25, 0.3) is 5.91 Å². The Morgan fingerprint density at radius 1 is 1.04 bits per heavy atom. The molecule has 1 aromatic carbocycles. The van der Waals surface area contributed by atoms with Crippen LogP contribution in [0.25, 0.3) is 0 Å². The van der Waals surface area contributed by atoms with Crippen LogP contribution < -0.4 is 21.9 Å². The summed E-state index contributed by atoms with van der Waals surface area (Å²) in [6.45, 7) is 9.52. The maximum Gasteiger partial charge on any atom is 0.408 e. The lowest BCUT2D eigenvalue weighted by molar-refractivity contribution is -0.130. The smallest absolute Gasteiger partial charge is 0.408 e. The third-order valence-corrected chi connectivity index (χ3v) is 3.66. The molecule has 1 atom stereocenters. The number of nitrogens with one attached hydrogen (secondary N) is 3. The Labute approximate surface area is 166 Å².